The maximum Gasteiger partial charge on any atom is 0.120 e. The first kappa shape index (κ1) is 11.6. The number of hydrogen-bond acceptors (Lipinski definition) is 3. The van der Waals surface area contributed by atoms with Crippen molar-refractivity contribution < 1.29 is 9.94 Å². The molecule has 1 fully saturated rings. The van der Waals surface area contributed by atoms with Crippen LogP contribution in [-0.4, -0.2) is 17.0 Å². The number of rotatable bonds is 2. The van der Waals surface area contributed by atoms with Gasteiger partial charge in [-0.25, -0.2) is 0 Å². The third-order valence-electron chi connectivity index (χ3n) is 3.98. The second-order valence-electron chi connectivity index (χ2n) is 5.24. The van der Waals surface area contributed by atoms with Crippen molar-refractivity contribution in [3.05, 3.63) is 29.3 Å². The van der Waals surface area contributed by atoms with Gasteiger partial charge in [0.05, 0.1) is 11.8 Å². The second kappa shape index (κ2) is 5.01. The Hall–Kier alpha value is -1.51. The number of benzene rings is 1. The Kier molecular flexibility index (Phi) is 3.22. The van der Waals surface area contributed by atoms with Crippen molar-refractivity contribution in [1.29, 1.82) is 0 Å². The van der Waals surface area contributed by atoms with Crippen LogP contribution in [0.2, 0.25) is 0 Å². The quantitative estimate of drug-likeness (QED) is 0.639. The number of ether oxygens (including phenoxy) is 1. The molecule has 1 aromatic carbocycles. The summed E-state index contributed by atoms with van der Waals surface area (Å²) in [6, 6.07) is 6.21. The molecule has 3 rings (SSSR count). The number of fused-ring (bicyclic) bond motifs is 1. The Morgan fingerprint density at radius 1 is 1.11 bits per heavy atom. The average Bonchev–Trinajstić information content (AvgIpc) is 2.91. The zero-order chi connectivity index (χ0) is 12.4. The summed E-state index contributed by atoms with van der Waals surface area (Å²) in [4.78, 5) is 0. The Balaban J connectivity index is 1.84. The number of hydrogen-bond donors (Lipinski definition) is 1. The molecule has 0 aliphatic heterocycles. The summed E-state index contributed by atoms with van der Waals surface area (Å²) < 4.78 is 6.00. The summed E-state index contributed by atoms with van der Waals surface area (Å²) in [5.74, 6) is 0.920. The van der Waals surface area contributed by atoms with Crippen molar-refractivity contribution in [2.45, 2.75) is 51.0 Å². The number of nitrogens with zero attached hydrogens (tertiary/aromatic N) is 1. The van der Waals surface area contributed by atoms with E-state index in [0.29, 0.717) is 6.10 Å². The molecule has 3 nitrogen and oxygen atoms in total. The summed E-state index contributed by atoms with van der Waals surface area (Å²) in [6.45, 7) is 0. The van der Waals surface area contributed by atoms with E-state index in [1.165, 1.54) is 18.4 Å². The van der Waals surface area contributed by atoms with E-state index >= 15 is 0 Å². The highest BCUT2D eigenvalue weighted by Gasteiger charge is 2.19. The van der Waals surface area contributed by atoms with Crippen molar-refractivity contribution in [2.24, 2.45) is 5.16 Å². The molecule has 3 heteroatoms. The van der Waals surface area contributed by atoms with Crippen LogP contribution >= 0.6 is 0 Å². The maximum absolute atomic E-state index is 9.06. The van der Waals surface area contributed by atoms with Gasteiger partial charge in [-0.3, -0.25) is 0 Å². The molecule has 0 heterocycles. The minimum Gasteiger partial charge on any atom is -0.490 e. The molecule has 0 amide bonds. The predicted octanol–water partition coefficient (Wildman–Crippen LogP) is 3.52. The van der Waals surface area contributed by atoms with E-state index in [1.54, 1.807) is 0 Å². The van der Waals surface area contributed by atoms with Crippen LogP contribution in [-0.2, 0) is 6.42 Å². The molecule has 96 valence electrons. The molecular formula is C15H19NO2. The van der Waals surface area contributed by atoms with Gasteiger partial charge >= 0.3 is 0 Å². The average molecular weight is 245 g/mol. The molecule has 0 spiro atoms. The first-order valence-corrected chi connectivity index (χ1v) is 6.88. The second-order valence-corrected chi connectivity index (χ2v) is 5.24. The molecule has 1 N–H and O–H groups in total. The van der Waals surface area contributed by atoms with Crippen LogP contribution in [0.25, 0.3) is 0 Å². The van der Waals surface area contributed by atoms with Crippen molar-refractivity contribution in [2.75, 3.05) is 0 Å². The van der Waals surface area contributed by atoms with E-state index < -0.39 is 0 Å². The standard InChI is InChI=1S/C15H19NO2/c17-16-15-7-3-4-11-8-9-13(10-14(11)15)18-12-5-1-2-6-12/h8-10,12,17H,1-7H2/b16-15-. The Morgan fingerprint density at radius 2 is 1.94 bits per heavy atom. The van der Waals surface area contributed by atoms with Crippen LogP contribution in [0.3, 0.4) is 0 Å². The monoisotopic (exact) mass is 245 g/mol. The lowest BCUT2D eigenvalue weighted by molar-refractivity contribution is 0.210. The fourth-order valence-corrected chi connectivity index (χ4v) is 3.00. The Bertz CT molecular complexity index is 462. The topological polar surface area (TPSA) is 41.8 Å². The van der Waals surface area contributed by atoms with Gasteiger partial charge in [0.1, 0.15) is 5.75 Å². The number of oxime groups is 1. The van der Waals surface area contributed by atoms with E-state index in [4.69, 9.17) is 9.94 Å². The maximum atomic E-state index is 9.06. The van der Waals surface area contributed by atoms with Gasteiger partial charge in [0.25, 0.3) is 0 Å². The van der Waals surface area contributed by atoms with Crippen LogP contribution in [0.4, 0.5) is 0 Å². The van der Waals surface area contributed by atoms with Gasteiger partial charge in [-0.05, 0) is 62.6 Å². The molecule has 0 saturated heterocycles. The highest BCUT2D eigenvalue weighted by atomic mass is 16.5. The van der Waals surface area contributed by atoms with E-state index in [9.17, 15) is 0 Å². The van der Waals surface area contributed by atoms with Gasteiger partial charge in [0, 0.05) is 5.56 Å². The van der Waals surface area contributed by atoms with Gasteiger partial charge in [0.15, 0.2) is 0 Å². The predicted molar refractivity (Wildman–Crippen MR) is 70.6 cm³/mol. The van der Waals surface area contributed by atoms with Crippen molar-refractivity contribution >= 4 is 5.71 Å². The largest absolute Gasteiger partial charge is 0.490 e. The minimum atomic E-state index is 0.376. The summed E-state index contributed by atoms with van der Waals surface area (Å²) >= 11 is 0. The lowest BCUT2D eigenvalue weighted by Gasteiger charge is -2.19. The van der Waals surface area contributed by atoms with Crippen LogP contribution in [0, 0.1) is 0 Å². The van der Waals surface area contributed by atoms with Gasteiger partial charge < -0.3 is 9.94 Å². The smallest absolute Gasteiger partial charge is 0.120 e. The van der Waals surface area contributed by atoms with Crippen LogP contribution < -0.4 is 4.74 Å². The SMILES string of the molecule is O/N=C1/CCCc2ccc(OC3CCCC3)cc21. The minimum absolute atomic E-state index is 0.376. The summed E-state index contributed by atoms with van der Waals surface area (Å²) in [5, 5.41) is 12.5. The van der Waals surface area contributed by atoms with Gasteiger partial charge in [0.2, 0.25) is 0 Å². The van der Waals surface area contributed by atoms with E-state index in [0.717, 1.165) is 49.1 Å². The molecule has 0 aromatic heterocycles. The zero-order valence-corrected chi connectivity index (χ0v) is 10.6. The third kappa shape index (κ3) is 2.22. The van der Waals surface area contributed by atoms with Crippen molar-refractivity contribution in [3.8, 4) is 5.75 Å². The van der Waals surface area contributed by atoms with Crippen LogP contribution in [0.5, 0.6) is 5.75 Å². The molecule has 1 saturated carbocycles. The van der Waals surface area contributed by atoms with Crippen LogP contribution in [0.1, 0.15) is 49.7 Å². The zero-order valence-electron chi connectivity index (χ0n) is 10.6. The molecule has 0 bridgehead atoms. The summed E-state index contributed by atoms with van der Waals surface area (Å²) in [5.41, 5.74) is 3.14. The van der Waals surface area contributed by atoms with E-state index in [1.807, 2.05) is 6.07 Å². The fraction of sp³-hybridized carbons (Fsp3) is 0.533. The molecule has 2 aliphatic carbocycles. The van der Waals surface area contributed by atoms with E-state index in [2.05, 4.69) is 17.3 Å². The summed E-state index contributed by atoms with van der Waals surface area (Å²) in [7, 11) is 0. The lowest BCUT2D eigenvalue weighted by Crippen LogP contribution is -2.14. The van der Waals surface area contributed by atoms with Gasteiger partial charge in [-0.15, -0.1) is 0 Å². The molecule has 0 radical (unpaired) electrons. The first-order chi connectivity index (χ1) is 8.86. The molecular weight excluding hydrogens is 226 g/mol. The molecule has 0 unspecified atom stereocenters. The van der Waals surface area contributed by atoms with Crippen LogP contribution in [0.15, 0.2) is 23.4 Å². The molecule has 0 atom stereocenters. The molecule has 1 aromatic rings. The Labute approximate surface area is 107 Å². The van der Waals surface area contributed by atoms with Gasteiger partial charge in [-0.2, -0.15) is 0 Å². The van der Waals surface area contributed by atoms with Gasteiger partial charge in [-0.1, -0.05) is 11.2 Å². The van der Waals surface area contributed by atoms with Crippen molar-refractivity contribution in [3.63, 3.8) is 0 Å². The highest BCUT2D eigenvalue weighted by Crippen LogP contribution is 2.29. The van der Waals surface area contributed by atoms with E-state index in [-0.39, 0.29) is 0 Å². The Morgan fingerprint density at radius 3 is 2.72 bits per heavy atom. The van der Waals surface area contributed by atoms with Crippen molar-refractivity contribution in [1.82, 2.24) is 0 Å². The lowest BCUT2D eigenvalue weighted by atomic mass is 9.90. The fourth-order valence-electron chi connectivity index (χ4n) is 3.00. The summed E-state index contributed by atoms with van der Waals surface area (Å²) in [6.07, 6.45) is 8.25. The normalized spacial score (nSPS) is 22.1. The molecule has 18 heavy (non-hydrogen) atoms. The highest BCUT2D eigenvalue weighted by molar-refractivity contribution is 6.02. The molecule has 2 aliphatic rings. The first-order valence-electron chi connectivity index (χ1n) is 6.88. The third-order valence-corrected chi connectivity index (χ3v) is 3.98. The number of aryl methyl sites for hydroxylation is 1.